The fraction of sp³-hybridized carbons (Fsp3) is 0.121. The highest BCUT2D eigenvalue weighted by molar-refractivity contribution is 6.08. The number of benzene rings is 4. The molecule has 4 aromatic carbocycles. The van der Waals surface area contributed by atoms with E-state index in [1.54, 1.807) is 30.3 Å². The Kier molecular flexibility index (Phi) is 7.64. The average molecular weight is 517 g/mol. The summed E-state index contributed by atoms with van der Waals surface area (Å²) in [5.41, 5.74) is 4.28. The van der Waals surface area contributed by atoms with Crippen molar-refractivity contribution >= 4 is 28.6 Å². The molecular formula is C33H28N2O4. The van der Waals surface area contributed by atoms with E-state index < -0.39 is 5.97 Å². The van der Waals surface area contributed by atoms with Crippen LogP contribution in [0.2, 0.25) is 0 Å². The fourth-order valence-corrected chi connectivity index (χ4v) is 4.23. The summed E-state index contributed by atoms with van der Waals surface area (Å²) in [6, 6.07) is 33.4. The van der Waals surface area contributed by atoms with Crippen LogP contribution in [0, 0.1) is 0 Å². The maximum Gasteiger partial charge on any atom is 0.338 e. The topological polar surface area (TPSA) is 77.5 Å². The molecule has 1 N–H and O–H groups in total. The Balaban J connectivity index is 1.30. The van der Waals surface area contributed by atoms with Gasteiger partial charge >= 0.3 is 5.97 Å². The fourth-order valence-electron chi connectivity index (χ4n) is 4.23. The van der Waals surface area contributed by atoms with E-state index in [1.807, 2.05) is 92.7 Å². The lowest BCUT2D eigenvalue weighted by Gasteiger charge is -2.13. The smallest absolute Gasteiger partial charge is 0.338 e. The average Bonchev–Trinajstić information content (AvgIpc) is 2.96. The van der Waals surface area contributed by atoms with Crippen LogP contribution >= 0.6 is 0 Å². The summed E-state index contributed by atoms with van der Waals surface area (Å²) >= 11 is 0. The number of aromatic nitrogens is 1. The number of pyridine rings is 1. The zero-order valence-electron chi connectivity index (χ0n) is 21.8. The van der Waals surface area contributed by atoms with Gasteiger partial charge in [0.25, 0.3) is 5.91 Å². The number of nitrogens with zero attached hydrogens (tertiary/aromatic N) is 1. The van der Waals surface area contributed by atoms with E-state index in [0.29, 0.717) is 22.5 Å². The highest BCUT2D eigenvalue weighted by atomic mass is 16.5. The van der Waals surface area contributed by atoms with Gasteiger partial charge in [-0.1, -0.05) is 60.7 Å². The molecule has 0 saturated heterocycles. The van der Waals surface area contributed by atoms with Gasteiger partial charge in [-0.25, -0.2) is 9.78 Å². The van der Waals surface area contributed by atoms with E-state index in [1.165, 1.54) is 0 Å². The number of hydrogen-bond acceptors (Lipinski definition) is 5. The van der Waals surface area contributed by atoms with Gasteiger partial charge in [0.05, 0.1) is 17.2 Å². The van der Waals surface area contributed by atoms with E-state index in [-0.39, 0.29) is 18.6 Å². The number of esters is 1. The van der Waals surface area contributed by atoms with E-state index in [0.717, 1.165) is 27.8 Å². The lowest BCUT2D eigenvalue weighted by Crippen LogP contribution is -2.14. The van der Waals surface area contributed by atoms with Gasteiger partial charge in [-0.15, -0.1) is 0 Å². The standard InChI is InChI=1S/C33H28N2O4/c1-22(2)39-27-16-12-24(13-17-27)28-10-6-7-11-29(28)32(36)35-31-19-15-25-20-26(14-18-30(25)34-31)33(37)38-21-23-8-4-3-5-9-23/h3-20,22H,21H2,1-2H3,(H,34,35,36). The lowest BCUT2D eigenvalue weighted by atomic mass is 9.99. The number of amides is 1. The molecule has 0 spiro atoms. The number of carbonyl (C=O) groups is 2. The molecule has 0 saturated carbocycles. The van der Waals surface area contributed by atoms with Crippen molar-refractivity contribution in [1.29, 1.82) is 0 Å². The first-order valence-corrected chi connectivity index (χ1v) is 12.8. The number of anilines is 1. The number of rotatable bonds is 8. The summed E-state index contributed by atoms with van der Waals surface area (Å²) in [5, 5.41) is 3.68. The minimum absolute atomic E-state index is 0.0865. The van der Waals surface area contributed by atoms with Gasteiger partial charge in [0.1, 0.15) is 18.2 Å². The molecule has 1 heterocycles. The molecule has 0 bridgehead atoms. The molecule has 1 aromatic heterocycles. The summed E-state index contributed by atoms with van der Waals surface area (Å²) in [5.74, 6) is 0.533. The molecule has 0 aliphatic heterocycles. The monoisotopic (exact) mass is 516 g/mol. The summed E-state index contributed by atoms with van der Waals surface area (Å²) in [6.45, 7) is 4.17. The van der Waals surface area contributed by atoms with E-state index >= 15 is 0 Å². The Bertz CT molecular complexity index is 1610. The maximum atomic E-state index is 13.3. The van der Waals surface area contributed by atoms with Crippen molar-refractivity contribution in [3.05, 3.63) is 126 Å². The Labute approximate surface area is 227 Å². The Morgan fingerprint density at radius 2 is 1.56 bits per heavy atom. The van der Waals surface area contributed by atoms with E-state index in [9.17, 15) is 9.59 Å². The van der Waals surface area contributed by atoms with Crippen LogP contribution in [0.25, 0.3) is 22.0 Å². The van der Waals surface area contributed by atoms with Crippen LogP contribution in [-0.2, 0) is 11.3 Å². The second-order valence-corrected chi connectivity index (χ2v) is 9.36. The second kappa shape index (κ2) is 11.6. The number of hydrogen-bond donors (Lipinski definition) is 1. The second-order valence-electron chi connectivity index (χ2n) is 9.36. The maximum absolute atomic E-state index is 13.3. The Morgan fingerprint density at radius 1 is 0.821 bits per heavy atom. The molecule has 1 amide bonds. The van der Waals surface area contributed by atoms with Crippen LogP contribution in [0.5, 0.6) is 5.75 Å². The van der Waals surface area contributed by atoms with Crippen LogP contribution in [-0.4, -0.2) is 23.0 Å². The summed E-state index contributed by atoms with van der Waals surface area (Å²) in [7, 11) is 0. The molecule has 0 radical (unpaired) electrons. The third-order valence-corrected chi connectivity index (χ3v) is 6.09. The molecule has 0 unspecified atom stereocenters. The minimum atomic E-state index is -0.404. The minimum Gasteiger partial charge on any atom is -0.491 e. The van der Waals surface area contributed by atoms with Crippen LogP contribution in [0.4, 0.5) is 5.82 Å². The highest BCUT2D eigenvalue weighted by Gasteiger charge is 2.15. The number of fused-ring (bicyclic) bond motifs is 1. The first-order valence-electron chi connectivity index (χ1n) is 12.8. The molecule has 5 aromatic rings. The van der Waals surface area contributed by atoms with Gasteiger partial charge in [0.15, 0.2) is 0 Å². The number of nitrogens with one attached hydrogen (secondary N) is 1. The van der Waals surface area contributed by atoms with Gasteiger partial charge in [-0.2, -0.15) is 0 Å². The van der Waals surface area contributed by atoms with Crippen LogP contribution in [0.15, 0.2) is 109 Å². The quantitative estimate of drug-likeness (QED) is 0.219. The van der Waals surface area contributed by atoms with Crippen molar-refractivity contribution in [2.24, 2.45) is 0 Å². The van der Waals surface area contributed by atoms with Crippen LogP contribution in [0.3, 0.4) is 0 Å². The number of ether oxygens (including phenoxy) is 2. The molecule has 39 heavy (non-hydrogen) atoms. The zero-order valence-corrected chi connectivity index (χ0v) is 21.8. The van der Waals surface area contributed by atoms with Gasteiger partial charge in [-0.05, 0) is 79.1 Å². The predicted molar refractivity (Wildman–Crippen MR) is 153 cm³/mol. The summed E-state index contributed by atoms with van der Waals surface area (Å²) < 4.78 is 11.2. The van der Waals surface area contributed by atoms with E-state index in [2.05, 4.69) is 10.3 Å². The Hall–Kier alpha value is -4.97. The first kappa shape index (κ1) is 25.7. The third-order valence-electron chi connectivity index (χ3n) is 6.09. The molecule has 0 fully saturated rings. The third kappa shape index (κ3) is 6.30. The number of carbonyl (C=O) groups excluding carboxylic acids is 2. The van der Waals surface area contributed by atoms with Crippen molar-refractivity contribution in [3.8, 4) is 16.9 Å². The SMILES string of the molecule is CC(C)Oc1ccc(-c2ccccc2C(=O)Nc2ccc3cc(C(=O)OCc4ccccc4)ccc3n2)cc1. The normalized spacial score (nSPS) is 10.8. The van der Waals surface area contributed by atoms with Gasteiger partial charge in [-0.3, -0.25) is 4.79 Å². The van der Waals surface area contributed by atoms with Crippen LogP contribution in [0.1, 0.15) is 40.1 Å². The summed E-state index contributed by atoms with van der Waals surface area (Å²) in [6.07, 6.45) is 0.0865. The molecule has 0 atom stereocenters. The van der Waals surface area contributed by atoms with Gasteiger partial charge in [0, 0.05) is 10.9 Å². The van der Waals surface area contributed by atoms with Crippen molar-refractivity contribution in [2.75, 3.05) is 5.32 Å². The largest absolute Gasteiger partial charge is 0.491 e. The van der Waals surface area contributed by atoms with Crippen molar-refractivity contribution in [3.63, 3.8) is 0 Å². The highest BCUT2D eigenvalue weighted by Crippen LogP contribution is 2.27. The van der Waals surface area contributed by atoms with Crippen molar-refractivity contribution < 1.29 is 19.1 Å². The molecule has 5 rings (SSSR count). The van der Waals surface area contributed by atoms with Gasteiger partial charge in [0.2, 0.25) is 0 Å². The van der Waals surface area contributed by atoms with Crippen LogP contribution < -0.4 is 10.1 Å². The van der Waals surface area contributed by atoms with Gasteiger partial charge < -0.3 is 14.8 Å². The molecule has 0 aliphatic carbocycles. The van der Waals surface area contributed by atoms with Crippen molar-refractivity contribution in [1.82, 2.24) is 4.98 Å². The predicted octanol–water partition coefficient (Wildman–Crippen LogP) is 7.30. The molecule has 0 aliphatic rings. The molecule has 6 nitrogen and oxygen atoms in total. The first-order chi connectivity index (χ1) is 19.0. The van der Waals surface area contributed by atoms with E-state index in [4.69, 9.17) is 9.47 Å². The lowest BCUT2D eigenvalue weighted by molar-refractivity contribution is 0.0473. The Morgan fingerprint density at radius 3 is 2.33 bits per heavy atom. The molecule has 194 valence electrons. The molecular weight excluding hydrogens is 488 g/mol. The zero-order chi connectivity index (χ0) is 27.2. The van der Waals surface area contributed by atoms with Crippen molar-refractivity contribution in [2.45, 2.75) is 26.6 Å². The summed E-state index contributed by atoms with van der Waals surface area (Å²) in [4.78, 5) is 30.4. The molecule has 6 heteroatoms.